The predicted octanol–water partition coefficient (Wildman–Crippen LogP) is 3.11. The van der Waals surface area contributed by atoms with Crippen LogP contribution in [0.15, 0.2) is 66.2 Å². The first kappa shape index (κ1) is 19.6. The minimum Gasteiger partial charge on any atom is -0.329 e. The highest BCUT2D eigenvalue weighted by atomic mass is 32.1. The lowest BCUT2D eigenvalue weighted by atomic mass is 9.97. The Labute approximate surface area is 182 Å². The molecule has 0 radical (unpaired) electrons. The summed E-state index contributed by atoms with van der Waals surface area (Å²) in [5.74, 6) is -2.51. The summed E-state index contributed by atoms with van der Waals surface area (Å²) < 4.78 is 0. The Balaban J connectivity index is 1.35. The van der Waals surface area contributed by atoms with Crippen LogP contribution in [0, 0.1) is 5.92 Å². The molecular formula is C23H19N3O4S. The summed E-state index contributed by atoms with van der Waals surface area (Å²) in [5, 5.41) is 3.31. The standard InChI is InChI=1S/C23H19N3O4S/c27-21-16-8-4-5-9-17(16)22(28)26(21)30-23(29)19-14-25(12-15-6-2-1-3-7-15)13-18(19)20-24-10-11-31-20/h1-11,18-19H,12-14H2/t18-,19-/m1/s1. The van der Waals surface area contributed by atoms with Crippen LogP contribution in [-0.2, 0) is 16.2 Å². The Kier molecular flexibility index (Phi) is 5.09. The number of carbonyl (C=O) groups excluding carboxylic acids is 3. The maximum atomic E-state index is 13.1. The van der Waals surface area contributed by atoms with E-state index in [0.717, 1.165) is 10.6 Å². The van der Waals surface area contributed by atoms with E-state index in [1.807, 2.05) is 35.7 Å². The van der Waals surface area contributed by atoms with Crippen molar-refractivity contribution in [2.24, 2.45) is 5.92 Å². The van der Waals surface area contributed by atoms with Gasteiger partial charge in [-0.3, -0.25) is 14.5 Å². The number of carbonyl (C=O) groups is 3. The summed E-state index contributed by atoms with van der Waals surface area (Å²) in [7, 11) is 0. The first-order valence-electron chi connectivity index (χ1n) is 9.97. The number of benzene rings is 2. The van der Waals surface area contributed by atoms with E-state index in [1.54, 1.807) is 30.5 Å². The highest BCUT2D eigenvalue weighted by Gasteiger charge is 2.45. The average Bonchev–Trinajstić information content (AvgIpc) is 3.51. The number of imide groups is 1. The second-order valence-corrected chi connectivity index (χ2v) is 8.55. The van der Waals surface area contributed by atoms with E-state index >= 15 is 0 Å². The van der Waals surface area contributed by atoms with E-state index in [0.29, 0.717) is 24.7 Å². The molecule has 1 fully saturated rings. The van der Waals surface area contributed by atoms with Crippen molar-refractivity contribution in [3.05, 3.63) is 87.9 Å². The summed E-state index contributed by atoms with van der Waals surface area (Å²) in [6.07, 6.45) is 1.71. The number of rotatable bonds is 5. The number of aromatic nitrogens is 1. The fourth-order valence-corrected chi connectivity index (χ4v) is 4.97. The molecule has 0 unspecified atom stereocenters. The largest absolute Gasteiger partial charge is 0.338 e. The van der Waals surface area contributed by atoms with E-state index in [-0.39, 0.29) is 17.0 Å². The Bertz CT molecular complexity index is 1100. The number of hydroxylamine groups is 2. The van der Waals surface area contributed by atoms with Gasteiger partial charge in [0.2, 0.25) is 0 Å². The van der Waals surface area contributed by atoms with Crippen LogP contribution < -0.4 is 0 Å². The van der Waals surface area contributed by atoms with Crippen LogP contribution >= 0.6 is 11.3 Å². The quantitative estimate of drug-likeness (QED) is 0.576. The number of amides is 2. The lowest BCUT2D eigenvalue weighted by molar-refractivity contribution is -0.173. The van der Waals surface area contributed by atoms with Crippen molar-refractivity contribution in [3.8, 4) is 0 Å². The Morgan fingerprint density at radius 2 is 1.68 bits per heavy atom. The first-order valence-corrected chi connectivity index (χ1v) is 10.8. The molecule has 0 aliphatic carbocycles. The van der Waals surface area contributed by atoms with Crippen LogP contribution in [0.2, 0.25) is 0 Å². The molecule has 0 spiro atoms. The van der Waals surface area contributed by atoms with Gasteiger partial charge in [-0.25, -0.2) is 9.78 Å². The van der Waals surface area contributed by atoms with Gasteiger partial charge in [0, 0.05) is 37.1 Å². The number of likely N-dealkylation sites (tertiary alicyclic amines) is 1. The molecule has 0 bridgehead atoms. The SMILES string of the molecule is O=C(ON1C(=O)c2ccccc2C1=O)[C@@H]1CN(Cc2ccccc2)C[C@H]1c1nccs1. The number of fused-ring (bicyclic) bond motifs is 1. The fraction of sp³-hybridized carbons (Fsp3) is 0.217. The van der Waals surface area contributed by atoms with E-state index in [9.17, 15) is 14.4 Å². The van der Waals surface area contributed by atoms with Crippen LogP contribution in [0.4, 0.5) is 0 Å². The van der Waals surface area contributed by atoms with Crippen molar-refractivity contribution in [3.63, 3.8) is 0 Å². The van der Waals surface area contributed by atoms with Crippen molar-refractivity contribution in [2.45, 2.75) is 12.5 Å². The van der Waals surface area contributed by atoms with Gasteiger partial charge in [-0.1, -0.05) is 47.5 Å². The van der Waals surface area contributed by atoms with E-state index < -0.39 is 23.7 Å². The van der Waals surface area contributed by atoms with Gasteiger partial charge in [0.25, 0.3) is 11.8 Å². The molecule has 2 aromatic carbocycles. The molecule has 0 N–H and O–H groups in total. The maximum absolute atomic E-state index is 13.1. The van der Waals surface area contributed by atoms with Crippen molar-refractivity contribution in [1.82, 2.24) is 14.9 Å². The van der Waals surface area contributed by atoms with Gasteiger partial charge in [-0.2, -0.15) is 0 Å². The minimum atomic E-state index is -0.612. The topological polar surface area (TPSA) is 79.8 Å². The van der Waals surface area contributed by atoms with E-state index in [4.69, 9.17) is 4.84 Å². The van der Waals surface area contributed by atoms with Gasteiger partial charge in [-0.15, -0.1) is 11.3 Å². The van der Waals surface area contributed by atoms with Crippen molar-refractivity contribution < 1.29 is 19.2 Å². The van der Waals surface area contributed by atoms with Crippen LogP contribution in [0.1, 0.15) is 37.2 Å². The predicted molar refractivity (Wildman–Crippen MR) is 113 cm³/mol. The summed E-state index contributed by atoms with van der Waals surface area (Å²) in [6, 6.07) is 16.5. The van der Waals surface area contributed by atoms with Gasteiger partial charge >= 0.3 is 5.97 Å². The molecule has 0 saturated carbocycles. The number of nitrogens with zero attached hydrogens (tertiary/aromatic N) is 3. The third-order valence-corrected chi connectivity index (χ3v) is 6.56. The zero-order valence-electron chi connectivity index (χ0n) is 16.5. The summed E-state index contributed by atoms with van der Waals surface area (Å²) >= 11 is 1.49. The lowest BCUT2D eigenvalue weighted by Gasteiger charge is -2.18. The maximum Gasteiger partial charge on any atom is 0.338 e. The van der Waals surface area contributed by atoms with E-state index in [1.165, 1.54) is 11.3 Å². The number of thiazole rings is 1. The van der Waals surface area contributed by atoms with Crippen molar-refractivity contribution in [2.75, 3.05) is 13.1 Å². The third-order valence-electron chi connectivity index (χ3n) is 5.65. The van der Waals surface area contributed by atoms with Crippen molar-refractivity contribution >= 4 is 29.1 Å². The molecule has 2 aliphatic heterocycles. The van der Waals surface area contributed by atoms with Crippen LogP contribution in [0.5, 0.6) is 0 Å². The average molecular weight is 433 g/mol. The van der Waals surface area contributed by atoms with Gasteiger partial charge in [-0.05, 0) is 17.7 Å². The van der Waals surface area contributed by atoms with Crippen LogP contribution in [0.25, 0.3) is 0 Å². The number of hydrogen-bond donors (Lipinski definition) is 0. The lowest BCUT2D eigenvalue weighted by Crippen LogP contribution is -2.36. The normalized spacial score (nSPS) is 20.8. The Morgan fingerprint density at radius 1 is 1.00 bits per heavy atom. The van der Waals surface area contributed by atoms with Gasteiger partial charge in [0.15, 0.2) is 0 Å². The molecular weight excluding hydrogens is 414 g/mol. The monoisotopic (exact) mass is 433 g/mol. The van der Waals surface area contributed by atoms with Gasteiger partial charge in [0.1, 0.15) is 0 Å². The molecule has 7 nitrogen and oxygen atoms in total. The molecule has 3 heterocycles. The minimum absolute atomic E-state index is 0.161. The molecule has 8 heteroatoms. The molecule has 2 aliphatic rings. The second kappa shape index (κ2) is 8.05. The Hall–Kier alpha value is -3.36. The highest BCUT2D eigenvalue weighted by molar-refractivity contribution is 7.09. The molecule has 2 atom stereocenters. The third kappa shape index (κ3) is 3.64. The van der Waals surface area contributed by atoms with Crippen LogP contribution in [0.3, 0.4) is 0 Å². The first-order chi connectivity index (χ1) is 15.1. The Morgan fingerprint density at radius 3 is 2.32 bits per heavy atom. The summed E-state index contributed by atoms with van der Waals surface area (Å²) in [6.45, 7) is 1.80. The molecule has 2 amide bonds. The second-order valence-electron chi connectivity index (χ2n) is 7.62. The molecule has 1 saturated heterocycles. The zero-order valence-corrected chi connectivity index (χ0v) is 17.3. The van der Waals surface area contributed by atoms with Gasteiger partial charge in [0.05, 0.1) is 22.1 Å². The molecule has 31 heavy (non-hydrogen) atoms. The van der Waals surface area contributed by atoms with Crippen molar-refractivity contribution in [1.29, 1.82) is 0 Å². The summed E-state index contributed by atoms with van der Waals surface area (Å²) in [4.78, 5) is 50.2. The molecule has 156 valence electrons. The zero-order chi connectivity index (χ0) is 21.4. The fourth-order valence-electron chi connectivity index (χ4n) is 4.17. The van der Waals surface area contributed by atoms with E-state index in [2.05, 4.69) is 9.88 Å². The molecule has 3 aromatic rings. The summed E-state index contributed by atoms with van der Waals surface area (Å²) in [5.41, 5.74) is 1.64. The van der Waals surface area contributed by atoms with Gasteiger partial charge < -0.3 is 4.84 Å². The highest BCUT2D eigenvalue weighted by Crippen LogP contribution is 2.36. The molecule has 1 aromatic heterocycles. The molecule has 5 rings (SSSR count). The van der Waals surface area contributed by atoms with Crippen LogP contribution in [-0.4, -0.2) is 45.8 Å². The smallest absolute Gasteiger partial charge is 0.329 e. The number of hydrogen-bond acceptors (Lipinski definition) is 7.